The molecule has 0 amide bonds. The molecule has 5 rings (SSSR count). The first-order valence-corrected chi connectivity index (χ1v) is 7.47. The van der Waals surface area contributed by atoms with Crippen LogP contribution in [0.15, 0.2) is 50.7 Å². The molecule has 0 radical (unpaired) electrons. The first-order valence-electron chi connectivity index (χ1n) is 7.47. The maximum Gasteiger partial charge on any atom is 0.255 e. The number of phenolic OH excluding ortho intramolecular Hbond substituents is 1. The summed E-state index contributed by atoms with van der Waals surface area (Å²) in [6.45, 7) is 0. The summed E-state index contributed by atoms with van der Waals surface area (Å²) < 4.78 is 5.79. The van der Waals surface area contributed by atoms with E-state index in [-0.39, 0.29) is 11.1 Å². The third-order valence-corrected chi connectivity index (χ3v) is 4.24. The molecule has 25 heavy (non-hydrogen) atoms. The highest BCUT2D eigenvalue weighted by Crippen LogP contribution is 2.39. The maximum absolute atomic E-state index is 12.3. The minimum Gasteiger partial charge on any atom is -0.502 e. The molecule has 0 spiro atoms. The number of nitrogens with zero attached hydrogens (tertiary/aromatic N) is 1. The van der Waals surface area contributed by atoms with Crippen LogP contribution in [0.1, 0.15) is 0 Å². The molecule has 0 bridgehead atoms. The van der Waals surface area contributed by atoms with E-state index in [2.05, 4.69) is 20.2 Å². The van der Waals surface area contributed by atoms with Gasteiger partial charge in [-0.2, -0.15) is 0 Å². The van der Waals surface area contributed by atoms with Crippen molar-refractivity contribution in [2.75, 3.05) is 0 Å². The monoisotopic (exact) mass is 334 g/mol. The summed E-state index contributed by atoms with van der Waals surface area (Å²) in [6.07, 6.45) is 3.22. The molecule has 5 aromatic rings. The summed E-state index contributed by atoms with van der Waals surface area (Å²) in [4.78, 5) is 31.2. The van der Waals surface area contributed by atoms with E-state index in [1.165, 1.54) is 6.07 Å². The number of aromatic nitrogens is 4. The summed E-state index contributed by atoms with van der Waals surface area (Å²) in [7, 11) is 0. The van der Waals surface area contributed by atoms with Crippen LogP contribution in [-0.4, -0.2) is 25.3 Å². The lowest BCUT2D eigenvalue weighted by molar-refractivity contribution is 0.464. The van der Waals surface area contributed by atoms with E-state index in [1.807, 2.05) is 0 Å². The molecule has 0 saturated heterocycles. The number of aromatic hydroxyl groups is 1. The molecule has 0 aliphatic carbocycles. The molecule has 1 aromatic carbocycles. The van der Waals surface area contributed by atoms with Gasteiger partial charge < -0.3 is 19.6 Å². The van der Waals surface area contributed by atoms with Crippen molar-refractivity contribution in [3.8, 4) is 16.9 Å². The van der Waals surface area contributed by atoms with Gasteiger partial charge in [-0.3, -0.25) is 14.7 Å². The topological polar surface area (TPSA) is 128 Å². The van der Waals surface area contributed by atoms with E-state index in [1.54, 1.807) is 30.6 Å². The van der Waals surface area contributed by atoms with Gasteiger partial charge in [0, 0.05) is 23.3 Å². The molecular formula is C17H10N4O4. The van der Waals surface area contributed by atoms with Crippen LogP contribution in [-0.2, 0) is 0 Å². The van der Waals surface area contributed by atoms with Crippen molar-refractivity contribution in [3.05, 3.63) is 57.2 Å². The third-order valence-electron chi connectivity index (χ3n) is 4.24. The average Bonchev–Trinajstić information content (AvgIpc) is 3.21. The van der Waals surface area contributed by atoms with Crippen LogP contribution in [0.25, 0.3) is 44.2 Å². The smallest absolute Gasteiger partial charge is 0.255 e. The minimum absolute atomic E-state index is 0.0558. The molecule has 4 heterocycles. The molecule has 0 fully saturated rings. The van der Waals surface area contributed by atoms with Gasteiger partial charge in [0.1, 0.15) is 5.52 Å². The van der Waals surface area contributed by atoms with Crippen molar-refractivity contribution in [1.82, 2.24) is 20.2 Å². The van der Waals surface area contributed by atoms with Crippen molar-refractivity contribution in [2.24, 2.45) is 0 Å². The lowest BCUT2D eigenvalue weighted by Crippen LogP contribution is -2.07. The fourth-order valence-corrected chi connectivity index (χ4v) is 3.11. The molecule has 8 nitrogen and oxygen atoms in total. The van der Waals surface area contributed by atoms with Crippen LogP contribution in [0, 0.1) is 0 Å². The van der Waals surface area contributed by atoms with E-state index in [4.69, 9.17) is 4.42 Å². The second-order valence-corrected chi connectivity index (χ2v) is 5.64. The number of hydrogen-bond acceptors (Lipinski definition) is 5. The van der Waals surface area contributed by atoms with Crippen LogP contribution >= 0.6 is 0 Å². The van der Waals surface area contributed by atoms with Crippen LogP contribution in [0.5, 0.6) is 5.75 Å². The number of pyridine rings is 2. The minimum atomic E-state index is -0.537. The van der Waals surface area contributed by atoms with E-state index < -0.39 is 11.2 Å². The molecule has 0 aliphatic heterocycles. The Morgan fingerprint density at radius 2 is 1.96 bits per heavy atom. The van der Waals surface area contributed by atoms with Crippen molar-refractivity contribution >= 4 is 33.1 Å². The van der Waals surface area contributed by atoms with Crippen molar-refractivity contribution in [3.63, 3.8) is 0 Å². The first-order chi connectivity index (χ1) is 12.1. The number of rotatable bonds is 1. The summed E-state index contributed by atoms with van der Waals surface area (Å²) in [6, 6.07) is 6.19. The number of phenols is 1. The number of furan rings is 1. The number of nitrogens with one attached hydrogen (secondary N) is 3. The Labute approximate surface area is 137 Å². The van der Waals surface area contributed by atoms with Gasteiger partial charge in [-0.1, -0.05) is 0 Å². The van der Waals surface area contributed by atoms with Crippen molar-refractivity contribution in [1.29, 1.82) is 0 Å². The van der Waals surface area contributed by atoms with Gasteiger partial charge >= 0.3 is 0 Å². The van der Waals surface area contributed by atoms with Crippen LogP contribution in [0.2, 0.25) is 0 Å². The Bertz CT molecular complexity index is 1400. The summed E-state index contributed by atoms with van der Waals surface area (Å²) in [5.74, 6) is -0.473. The Kier molecular flexibility index (Phi) is 2.51. The highest BCUT2D eigenvalue weighted by molar-refractivity contribution is 6.14. The second-order valence-electron chi connectivity index (χ2n) is 5.64. The van der Waals surface area contributed by atoms with Crippen LogP contribution in [0.3, 0.4) is 0 Å². The van der Waals surface area contributed by atoms with Gasteiger partial charge in [0.2, 0.25) is 11.2 Å². The molecular weight excluding hydrogens is 324 g/mol. The molecule has 0 saturated carbocycles. The predicted molar refractivity (Wildman–Crippen MR) is 91.7 cm³/mol. The van der Waals surface area contributed by atoms with E-state index >= 15 is 0 Å². The highest BCUT2D eigenvalue weighted by Gasteiger charge is 2.22. The normalized spacial score (nSPS) is 11.7. The average molecular weight is 334 g/mol. The SMILES string of the molecule is O=c1ccc2c(oc3c(-c4ccc[nH]c4=O)c4c[nH][nH]c4nc32)c1O. The molecule has 0 atom stereocenters. The van der Waals surface area contributed by atoms with E-state index in [0.717, 1.165) is 0 Å². The predicted octanol–water partition coefficient (Wildman–Crippen LogP) is 2.21. The quantitative estimate of drug-likeness (QED) is 0.374. The fourth-order valence-electron chi connectivity index (χ4n) is 3.11. The summed E-state index contributed by atoms with van der Waals surface area (Å²) in [5.41, 5.74) is 1.46. The zero-order valence-electron chi connectivity index (χ0n) is 12.6. The molecule has 4 aromatic heterocycles. The third kappa shape index (κ3) is 1.73. The summed E-state index contributed by atoms with van der Waals surface area (Å²) >= 11 is 0. The number of aromatic amines is 3. The van der Waals surface area contributed by atoms with E-state index in [0.29, 0.717) is 38.6 Å². The Morgan fingerprint density at radius 3 is 2.80 bits per heavy atom. The molecule has 122 valence electrons. The summed E-state index contributed by atoms with van der Waals surface area (Å²) in [5, 5.41) is 17.0. The zero-order chi connectivity index (χ0) is 17.1. The number of fused-ring (bicyclic) bond motifs is 4. The lowest BCUT2D eigenvalue weighted by Gasteiger charge is -2.03. The van der Waals surface area contributed by atoms with Gasteiger partial charge in [0.15, 0.2) is 16.8 Å². The fraction of sp³-hybridized carbons (Fsp3) is 0. The molecule has 0 unspecified atom stereocenters. The molecule has 0 aliphatic rings. The van der Waals surface area contributed by atoms with Crippen LogP contribution < -0.4 is 11.0 Å². The Morgan fingerprint density at radius 1 is 1.08 bits per heavy atom. The van der Waals surface area contributed by atoms with Gasteiger partial charge in [-0.05, 0) is 24.3 Å². The highest BCUT2D eigenvalue weighted by atomic mass is 16.4. The Balaban J connectivity index is 2.09. The number of H-pyrrole nitrogens is 3. The Hall–Kier alpha value is -3.81. The van der Waals surface area contributed by atoms with Crippen LogP contribution in [0.4, 0.5) is 0 Å². The standard InChI is InChI=1S/C17H10N4O4/c22-10-4-3-8-12-15(25-14(8)13(10)23)11(7-2-1-5-18-17(7)24)9-6-19-21-16(9)20-12/h1-6,23H,(H,18,24)(H2,19,20,21). The number of benzene rings is 1. The first kappa shape index (κ1) is 13.6. The van der Waals surface area contributed by atoms with E-state index in [9.17, 15) is 14.7 Å². The number of hydrogen-bond donors (Lipinski definition) is 4. The largest absolute Gasteiger partial charge is 0.502 e. The van der Waals surface area contributed by atoms with Gasteiger partial charge in [-0.25, -0.2) is 4.98 Å². The van der Waals surface area contributed by atoms with Crippen molar-refractivity contribution in [2.45, 2.75) is 0 Å². The van der Waals surface area contributed by atoms with Gasteiger partial charge in [0.05, 0.1) is 10.9 Å². The van der Waals surface area contributed by atoms with Gasteiger partial charge in [-0.15, -0.1) is 0 Å². The lowest BCUT2D eigenvalue weighted by atomic mass is 10.0. The molecule has 8 heteroatoms. The van der Waals surface area contributed by atoms with Crippen molar-refractivity contribution < 1.29 is 9.52 Å². The zero-order valence-corrected chi connectivity index (χ0v) is 12.6. The van der Waals surface area contributed by atoms with Gasteiger partial charge in [0.25, 0.3) is 5.56 Å². The second kappa shape index (κ2) is 4.60. The maximum atomic E-state index is 12.3. The molecule has 4 N–H and O–H groups in total.